The molecule has 0 aliphatic rings. The summed E-state index contributed by atoms with van der Waals surface area (Å²) in [5, 5.41) is 29.1. The Bertz CT molecular complexity index is 729. The molecule has 0 heterocycles. The molecule has 0 aromatic heterocycles. The van der Waals surface area contributed by atoms with Crippen LogP contribution in [0.3, 0.4) is 0 Å². The van der Waals surface area contributed by atoms with Crippen molar-refractivity contribution in [3.05, 3.63) is 62.1 Å². The fraction of sp³-hybridized carbons (Fsp3) is 0.0714. The highest BCUT2D eigenvalue weighted by atomic mass is 79.9. The normalized spacial score (nSPS) is 10.2. The largest absolute Gasteiger partial charge is 0.507 e. The van der Waals surface area contributed by atoms with Crippen LogP contribution >= 0.6 is 15.9 Å². The number of nitro groups is 1. The van der Waals surface area contributed by atoms with Gasteiger partial charge >= 0.3 is 5.97 Å². The van der Waals surface area contributed by atoms with E-state index >= 15 is 0 Å². The third-order valence-corrected chi connectivity index (χ3v) is 3.44. The average molecular weight is 368 g/mol. The summed E-state index contributed by atoms with van der Waals surface area (Å²) in [7, 11) is 0. The number of hydrogen-bond donors (Lipinski definition) is 2. The van der Waals surface area contributed by atoms with E-state index in [2.05, 4.69) is 15.9 Å². The molecule has 0 fully saturated rings. The maximum atomic E-state index is 10.9. The number of ether oxygens (including phenoxy) is 1. The van der Waals surface area contributed by atoms with Crippen molar-refractivity contribution in [1.82, 2.24) is 0 Å². The zero-order valence-corrected chi connectivity index (χ0v) is 12.6. The average Bonchev–Trinajstić information content (AvgIpc) is 2.47. The molecule has 0 bridgehead atoms. The summed E-state index contributed by atoms with van der Waals surface area (Å²) in [5.74, 6) is -1.39. The van der Waals surface area contributed by atoms with Crippen LogP contribution in [0.25, 0.3) is 0 Å². The molecule has 0 unspecified atom stereocenters. The molecule has 2 rings (SSSR count). The molecule has 0 radical (unpaired) electrons. The van der Waals surface area contributed by atoms with Crippen molar-refractivity contribution in [2.75, 3.05) is 0 Å². The second kappa shape index (κ2) is 6.44. The Kier molecular flexibility index (Phi) is 4.62. The number of carboxylic acid groups (broad SMARTS) is 1. The molecule has 0 amide bonds. The van der Waals surface area contributed by atoms with E-state index in [1.807, 2.05) is 0 Å². The minimum atomic E-state index is -1.25. The molecule has 8 heteroatoms. The molecule has 2 aromatic carbocycles. The summed E-state index contributed by atoms with van der Waals surface area (Å²) in [6.45, 7) is 0.114. The van der Waals surface area contributed by atoms with Crippen LogP contribution in [0, 0.1) is 10.1 Å². The smallest absolute Gasteiger partial charge is 0.339 e. The van der Waals surface area contributed by atoms with Crippen molar-refractivity contribution in [1.29, 1.82) is 0 Å². The second-order valence-corrected chi connectivity index (χ2v) is 5.17. The fourth-order valence-corrected chi connectivity index (χ4v) is 2.16. The molecule has 2 N–H and O–H groups in total. The van der Waals surface area contributed by atoms with Crippen molar-refractivity contribution in [2.24, 2.45) is 0 Å². The molecular formula is C14H10BrNO6. The lowest BCUT2D eigenvalue weighted by atomic mass is 10.2. The Morgan fingerprint density at radius 1 is 1.27 bits per heavy atom. The van der Waals surface area contributed by atoms with Gasteiger partial charge in [0, 0.05) is 18.2 Å². The number of hydrogen-bond acceptors (Lipinski definition) is 5. The highest BCUT2D eigenvalue weighted by Gasteiger charge is 2.14. The lowest BCUT2D eigenvalue weighted by Gasteiger charge is -2.10. The third-order valence-electron chi connectivity index (χ3n) is 2.82. The van der Waals surface area contributed by atoms with Crippen molar-refractivity contribution in [2.45, 2.75) is 6.61 Å². The van der Waals surface area contributed by atoms with Crippen LogP contribution < -0.4 is 4.74 Å². The van der Waals surface area contributed by atoms with Gasteiger partial charge < -0.3 is 14.9 Å². The quantitative estimate of drug-likeness (QED) is 0.619. The van der Waals surface area contributed by atoms with Crippen molar-refractivity contribution >= 4 is 27.6 Å². The number of nitrogens with zero attached hydrogens (tertiary/aromatic N) is 1. The molecular weight excluding hydrogens is 358 g/mol. The van der Waals surface area contributed by atoms with Gasteiger partial charge in [0.1, 0.15) is 23.7 Å². The van der Waals surface area contributed by atoms with Gasteiger partial charge in [0.25, 0.3) is 5.69 Å². The SMILES string of the molecule is O=C(O)c1cc(Br)c(OCc2ccc([N+](=O)[O-])cc2)cc1O. The number of halogens is 1. The molecule has 0 spiro atoms. The van der Waals surface area contributed by atoms with E-state index in [9.17, 15) is 20.0 Å². The van der Waals surface area contributed by atoms with Crippen LogP contribution in [0.4, 0.5) is 5.69 Å². The summed E-state index contributed by atoms with van der Waals surface area (Å²) in [4.78, 5) is 20.9. The summed E-state index contributed by atoms with van der Waals surface area (Å²) in [5.41, 5.74) is 0.433. The number of aromatic hydroxyl groups is 1. The van der Waals surface area contributed by atoms with Crippen molar-refractivity contribution in [3.63, 3.8) is 0 Å². The number of phenols is 1. The first-order valence-corrected chi connectivity index (χ1v) is 6.79. The molecule has 0 saturated heterocycles. The molecule has 22 heavy (non-hydrogen) atoms. The predicted octanol–water partition coefficient (Wildman–Crippen LogP) is 3.34. The molecule has 0 atom stereocenters. The first kappa shape index (κ1) is 15.8. The van der Waals surface area contributed by atoms with Gasteiger partial charge in [-0.25, -0.2) is 4.79 Å². The Labute approximate surface area is 133 Å². The van der Waals surface area contributed by atoms with Crippen LogP contribution in [-0.4, -0.2) is 21.1 Å². The molecule has 7 nitrogen and oxygen atoms in total. The monoisotopic (exact) mass is 367 g/mol. The van der Waals surface area contributed by atoms with Crippen LogP contribution in [0.5, 0.6) is 11.5 Å². The van der Waals surface area contributed by atoms with E-state index in [1.54, 1.807) is 12.1 Å². The third kappa shape index (κ3) is 3.53. The molecule has 2 aromatic rings. The summed E-state index contributed by atoms with van der Waals surface area (Å²) < 4.78 is 5.85. The van der Waals surface area contributed by atoms with Crippen molar-refractivity contribution < 1.29 is 24.7 Å². The van der Waals surface area contributed by atoms with Crippen LogP contribution in [0.2, 0.25) is 0 Å². The lowest BCUT2D eigenvalue weighted by molar-refractivity contribution is -0.384. The highest BCUT2D eigenvalue weighted by molar-refractivity contribution is 9.10. The van der Waals surface area contributed by atoms with Crippen molar-refractivity contribution in [3.8, 4) is 11.5 Å². The summed E-state index contributed by atoms with van der Waals surface area (Å²) in [6.07, 6.45) is 0. The molecule has 0 aliphatic heterocycles. The van der Waals surface area contributed by atoms with E-state index < -0.39 is 16.6 Å². The summed E-state index contributed by atoms with van der Waals surface area (Å²) in [6, 6.07) is 8.26. The fourth-order valence-electron chi connectivity index (χ4n) is 1.70. The Morgan fingerprint density at radius 3 is 2.45 bits per heavy atom. The first-order chi connectivity index (χ1) is 10.4. The van der Waals surface area contributed by atoms with Gasteiger partial charge in [0.15, 0.2) is 0 Å². The number of carbonyl (C=O) groups is 1. The number of carboxylic acids is 1. The van der Waals surface area contributed by atoms with E-state index in [0.29, 0.717) is 10.0 Å². The Hall–Kier alpha value is -2.61. The lowest BCUT2D eigenvalue weighted by Crippen LogP contribution is -2.00. The zero-order valence-electron chi connectivity index (χ0n) is 11.0. The Morgan fingerprint density at radius 2 is 1.91 bits per heavy atom. The van der Waals surface area contributed by atoms with Gasteiger partial charge in [-0.2, -0.15) is 0 Å². The maximum Gasteiger partial charge on any atom is 0.339 e. The predicted molar refractivity (Wildman–Crippen MR) is 80.2 cm³/mol. The number of rotatable bonds is 5. The number of benzene rings is 2. The van der Waals surface area contributed by atoms with Gasteiger partial charge in [0.05, 0.1) is 9.40 Å². The molecule has 0 aliphatic carbocycles. The van der Waals surface area contributed by atoms with E-state index in [4.69, 9.17) is 9.84 Å². The summed E-state index contributed by atoms with van der Waals surface area (Å²) >= 11 is 3.17. The minimum Gasteiger partial charge on any atom is -0.507 e. The second-order valence-electron chi connectivity index (χ2n) is 4.32. The van der Waals surface area contributed by atoms with Crippen LogP contribution in [-0.2, 0) is 6.61 Å². The van der Waals surface area contributed by atoms with Gasteiger partial charge in [-0.05, 0) is 39.7 Å². The van der Waals surface area contributed by atoms with E-state index in [1.165, 1.54) is 24.3 Å². The standard InChI is InChI=1S/C14H10BrNO6/c15-11-5-10(14(18)19)12(17)6-13(11)22-7-8-1-3-9(4-2-8)16(20)21/h1-6,17H,7H2,(H,18,19). The molecule has 0 saturated carbocycles. The van der Waals surface area contributed by atoms with Crippen LogP contribution in [0.15, 0.2) is 40.9 Å². The highest BCUT2D eigenvalue weighted by Crippen LogP contribution is 2.33. The first-order valence-electron chi connectivity index (χ1n) is 6.00. The van der Waals surface area contributed by atoms with Gasteiger partial charge in [-0.15, -0.1) is 0 Å². The van der Waals surface area contributed by atoms with E-state index in [0.717, 1.165) is 0 Å². The number of non-ortho nitro benzene ring substituents is 1. The zero-order chi connectivity index (χ0) is 16.3. The van der Waals surface area contributed by atoms with Gasteiger partial charge in [-0.3, -0.25) is 10.1 Å². The van der Waals surface area contributed by atoms with Crippen LogP contribution in [0.1, 0.15) is 15.9 Å². The van der Waals surface area contributed by atoms with Gasteiger partial charge in [-0.1, -0.05) is 0 Å². The molecule has 114 valence electrons. The van der Waals surface area contributed by atoms with Gasteiger partial charge in [0.2, 0.25) is 0 Å². The topological polar surface area (TPSA) is 110 Å². The maximum absolute atomic E-state index is 10.9. The minimum absolute atomic E-state index is 0.0200. The number of aromatic carboxylic acids is 1. The van der Waals surface area contributed by atoms with E-state index in [-0.39, 0.29) is 23.6 Å². The Balaban J connectivity index is 2.13. The number of nitro benzene ring substituents is 1.